The highest BCUT2D eigenvalue weighted by Crippen LogP contribution is 2.40. The van der Waals surface area contributed by atoms with Crippen molar-refractivity contribution in [2.75, 3.05) is 40.3 Å². The summed E-state index contributed by atoms with van der Waals surface area (Å²) in [6, 6.07) is 6.75. The number of carbonyl (C=O) groups is 1. The van der Waals surface area contributed by atoms with Crippen LogP contribution in [-0.4, -0.2) is 71.6 Å². The van der Waals surface area contributed by atoms with Gasteiger partial charge in [-0.05, 0) is 44.6 Å². The van der Waals surface area contributed by atoms with Crippen LogP contribution in [0.5, 0.6) is 0 Å². The Kier molecular flexibility index (Phi) is 6.17. The number of nitrogens with zero attached hydrogens (tertiary/aromatic N) is 4. The third-order valence-corrected chi connectivity index (χ3v) is 5.96. The molecule has 4 rings (SSSR count). The van der Waals surface area contributed by atoms with Gasteiger partial charge in [0.05, 0.1) is 6.54 Å². The number of nitrogens with one attached hydrogen (secondary N) is 1. The summed E-state index contributed by atoms with van der Waals surface area (Å²) in [7, 11) is 3.96. The second kappa shape index (κ2) is 8.83. The fourth-order valence-corrected chi connectivity index (χ4v) is 4.36. The topological polar surface area (TPSA) is 62.6 Å². The first-order chi connectivity index (χ1) is 14.4. The Bertz CT molecular complexity index is 876. The lowest BCUT2D eigenvalue weighted by Gasteiger charge is -2.45. The average Bonchev–Trinajstić information content (AvgIpc) is 3.19. The maximum absolute atomic E-state index is 13.5. The van der Waals surface area contributed by atoms with Crippen molar-refractivity contribution in [2.45, 2.75) is 37.6 Å². The molecule has 7 nitrogen and oxygen atoms in total. The maximum Gasteiger partial charge on any atom is 0.251 e. The van der Waals surface area contributed by atoms with Crippen molar-refractivity contribution in [3.63, 3.8) is 0 Å². The number of halogens is 1. The van der Waals surface area contributed by atoms with E-state index in [1.54, 1.807) is 18.3 Å². The number of hydrogen-bond donors (Lipinski definition) is 1. The molecule has 2 aliphatic rings. The molecule has 1 aromatic carbocycles. The highest BCUT2D eigenvalue weighted by atomic mass is 19.1. The second-order valence-corrected chi connectivity index (χ2v) is 8.50. The van der Waals surface area contributed by atoms with Gasteiger partial charge in [-0.3, -0.25) is 9.69 Å². The van der Waals surface area contributed by atoms with Crippen LogP contribution in [0.3, 0.4) is 0 Å². The molecule has 162 valence electrons. The fraction of sp³-hybridized carbons (Fsp3) is 0.545. The van der Waals surface area contributed by atoms with Gasteiger partial charge in [-0.1, -0.05) is 12.1 Å². The third kappa shape index (κ3) is 4.55. The fourth-order valence-electron chi connectivity index (χ4n) is 4.36. The number of ether oxygens (including phenoxy) is 1. The molecule has 1 unspecified atom stereocenters. The van der Waals surface area contributed by atoms with Gasteiger partial charge in [-0.2, -0.15) is 0 Å². The Hall–Kier alpha value is -2.29. The van der Waals surface area contributed by atoms with E-state index < -0.39 is 11.7 Å². The normalized spacial score (nSPS) is 21.0. The van der Waals surface area contributed by atoms with Crippen LogP contribution < -0.4 is 5.32 Å². The van der Waals surface area contributed by atoms with Gasteiger partial charge in [0, 0.05) is 45.1 Å². The number of aromatic nitrogens is 2. The molecule has 1 atom stereocenters. The molecular formula is C22H30FN5O2. The minimum absolute atomic E-state index is 0.0715. The summed E-state index contributed by atoms with van der Waals surface area (Å²) in [5.41, 5.74) is 0.416. The summed E-state index contributed by atoms with van der Waals surface area (Å²) in [4.78, 5) is 21.6. The van der Waals surface area contributed by atoms with Crippen LogP contribution in [0, 0.1) is 5.82 Å². The Balaban J connectivity index is 1.42. The zero-order valence-electron chi connectivity index (χ0n) is 17.7. The largest absolute Gasteiger partial charge is 0.352 e. The lowest BCUT2D eigenvalue weighted by atomic mass is 9.88. The molecule has 0 radical (unpaired) electrons. The number of rotatable bonds is 6. The van der Waals surface area contributed by atoms with E-state index in [1.807, 2.05) is 31.3 Å². The monoisotopic (exact) mass is 415 g/mol. The van der Waals surface area contributed by atoms with E-state index in [0.29, 0.717) is 19.6 Å². The molecular weight excluding hydrogens is 385 g/mol. The molecule has 0 aliphatic carbocycles. The van der Waals surface area contributed by atoms with Crippen molar-refractivity contribution in [2.24, 2.45) is 0 Å². The predicted molar refractivity (Wildman–Crippen MR) is 111 cm³/mol. The van der Waals surface area contributed by atoms with Crippen molar-refractivity contribution >= 4 is 5.91 Å². The lowest BCUT2D eigenvalue weighted by molar-refractivity contribution is -0.173. The average molecular weight is 416 g/mol. The van der Waals surface area contributed by atoms with E-state index in [2.05, 4.69) is 19.8 Å². The number of benzene rings is 1. The summed E-state index contributed by atoms with van der Waals surface area (Å²) in [6.07, 6.45) is 4.69. The quantitative estimate of drug-likeness (QED) is 0.777. The standard InChI is InChI=1S/C22H30FN5O2/c1-26(2)12-8-24-20(29)19-16-28-13-9-25-21(28)22(30-19)6-10-27(11-7-22)15-17-4-3-5-18(23)14-17/h3-5,9,13-14,19H,6-8,10-12,15-16H2,1-2H3,(H,24,29). The van der Waals surface area contributed by atoms with Gasteiger partial charge in [-0.15, -0.1) is 0 Å². The van der Waals surface area contributed by atoms with Crippen LogP contribution in [0.25, 0.3) is 0 Å². The van der Waals surface area contributed by atoms with E-state index in [4.69, 9.17) is 4.74 Å². The van der Waals surface area contributed by atoms with E-state index >= 15 is 0 Å². The summed E-state index contributed by atoms with van der Waals surface area (Å²) in [5.74, 6) is 0.629. The first kappa shape index (κ1) is 21.0. The van der Waals surface area contributed by atoms with Gasteiger partial charge in [0.15, 0.2) is 6.10 Å². The molecule has 1 saturated heterocycles. The Morgan fingerprint density at radius 3 is 2.90 bits per heavy atom. The van der Waals surface area contributed by atoms with Crippen LogP contribution in [0.1, 0.15) is 24.2 Å². The van der Waals surface area contributed by atoms with Crippen LogP contribution in [-0.2, 0) is 28.2 Å². The minimum atomic E-state index is -0.552. The SMILES string of the molecule is CN(C)CCNC(=O)C1Cn2ccnc2C2(CCN(Cc3cccc(F)c3)CC2)O1. The molecule has 3 heterocycles. The van der Waals surface area contributed by atoms with Crippen molar-refractivity contribution in [1.82, 2.24) is 24.7 Å². The van der Waals surface area contributed by atoms with E-state index in [-0.39, 0.29) is 11.7 Å². The minimum Gasteiger partial charge on any atom is -0.352 e. The van der Waals surface area contributed by atoms with Crippen molar-refractivity contribution in [1.29, 1.82) is 0 Å². The molecule has 0 saturated carbocycles. The number of amides is 1. The molecule has 1 aromatic heterocycles. The molecule has 1 N–H and O–H groups in total. The predicted octanol–water partition coefficient (Wildman–Crippen LogP) is 1.59. The summed E-state index contributed by atoms with van der Waals surface area (Å²) in [6.45, 7) is 4.18. The number of carbonyl (C=O) groups excluding carboxylic acids is 1. The second-order valence-electron chi connectivity index (χ2n) is 8.50. The highest BCUT2D eigenvalue weighted by Gasteiger charge is 2.47. The molecule has 2 aliphatic heterocycles. The van der Waals surface area contributed by atoms with Crippen molar-refractivity contribution in [3.05, 3.63) is 53.9 Å². The number of fused-ring (bicyclic) bond motifs is 2. The van der Waals surface area contributed by atoms with E-state index in [0.717, 1.165) is 43.9 Å². The zero-order valence-corrected chi connectivity index (χ0v) is 17.7. The zero-order chi connectivity index (χ0) is 21.1. The molecule has 8 heteroatoms. The Labute approximate surface area is 176 Å². The number of piperidine rings is 1. The van der Waals surface area contributed by atoms with Gasteiger partial charge in [0.25, 0.3) is 5.91 Å². The Morgan fingerprint density at radius 2 is 2.17 bits per heavy atom. The van der Waals surface area contributed by atoms with Crippen molar-refractivity contribution < 1.29 is 13.9 Å². The Morgan fingerprint density at radius 1 is 1.37 bits per heavy atom. The number of hydrogen-bond acceptors (Lipinski definition) is 5. The molecule has 2 aromatic rings. The van der Waals surface area contributed by atoms with Crippen LogP contribution in [0.2, 0.25) is 0 Å². The summed E-state index contributed by atoms with van der Waals surface area (Å²) in [5, 5.41) is 2.99. The van der Waals surface area contributed by atoms with E-state index in [9.17, 15) is 9.18 Å². The molecule has 1 spiro atoms. The molecule has 0 bridgehead atoms. The van der Waals surface area contributed by atoms with Gasteiger partial charge >= 0.3 is 0 Å². The van der Waals surface area contributed by atoms with Gasteiger partial charge in [-0.25, -0.2) is 9.37 Å². The number of likely N-dealkylation sites (tertiary alicyclic amines) is 1. The molecule has 1 fully saturated rings. The summed E-state index contributed by atoms with van der Waals surface area (Å²) < 4.78 is 22.0. The van der Waals surface area contributed by atoms with Gasteiger partial charge in [0.1, 0.15) is 17.2 Å². The van der Waals surface area contributed by atoms with Gasteiger partial charge in [0.2, 0.25) is 0 Å². The summed E-state index contributed by atoms with van der Waals surface area (Å²) >= 11 is 0. The molecule has 30 heavy (non-hydrogen) atoms. The first-order valence-electron chi connectivity index (χ1n) is 10.5. The molecule has 1 amide bonds. The highest BCUT2D eigenvalue weighted by molar-refractivity contribution is 5.80. The smallest absolute Gasteiger partial charge is 0.251 e. The number of imidazole rings is 1. The lowest BCUT2D eigenvalue weighted by Crippen LogP contribution is -2.54. The van der Waals surface area contributed by atoms with Crippen molar-refractivity contribution in [3.8, 4) is 0 Å². The first-order valence-corrected chi connectivity index (χ1v) is 10.5. The van der Waals surface area contributed by atoms with Crippen LogP contribution in [0.4, 0.5) is 4.39 Å². The van der Waals surface area contributed by atoms with E-state index in [1.165, 1.54) is 6.07 Å². The van der Waals surface area contributed by atoms with Crippen LogP contribution in [0.15, 0.2) is 36.7 Å². The number of likely N-dealkylation sites (N-methyl/N-ethyl adjacent to an activating group) is 1. The third-order valence-electron chi connectivity index (χ3n) is 5.96. The van der Waals surface area contributed by atoms with Crippen LogP contribution >= 0.6 is 0 Å². The van der Waals surface area contributed by atoms with Gasteiger partial charge < -0.3 is 19.5 Å². The maximum atomic E-state index is 13.5.